The molecule has 0 saturated carbocycles. The Hall–Kier alpha value is -8.40. The molecule has 16 heteroatoms. The lowest BCUT2D eigenvalue weighted by atomic mass is 9.78. The quantitative estimate of drug-likeness (QED) is 0.122. The summed E-state index contributed by atoms with van der Waals surface area (Å²) in [5.74, 6) is -3.99. The number of aromatic nitrogens is 4. The third-order valence-electron chi connectivity index (χ3n) is 12.5. The number of anilines is 2. The fourth-order valence-corrected chi connectivity index (χ4v) is 8.94. The molecule has 0 N–H and O–H groups in total. The molecule has 6 aromatic rings. The Morgan fingerprint density at radius 1 is 0.364 bits per heavy atom. The lowest BCUT2D eigenvalue weighted by Crippen LogP contribution is -2.41. The van der Waals surface area contributed by atoms with E-state index in [9.17, 15) is 38.4 Å². The van der Waals surface area contributed by atoms with Crippen molar-refractivity contribution in [3.63, 3.8) is 0 Å². The van der Waals surface area contributed by atoms with Crippen molar-refractivity contribution in [2.45, 2.75) is 40.5 Å². The predicted molar refractivity (Wildman–Crippen MR) is 238 cm³/mol. The summed E-state index contributed by atoms with van der Waals surface area (Å²) in [7, 11) is 0. The van der Waals surface area contributed by atoms with Gasteiger partial charge < -0.3 is 0 Å². The summed E-state index contributed by atoms with van der Waals surface area (Å²) in [6, 6.07) is 22.7. The zero-order chi connectivity index (χ0) is 46.4. The van der Waals surface area contributed by atoms with Gasteiger partial charge in [0.05, 0.1) is 44.5 Å². The molecule has 8 amide bonds. The molecule has 0 bridgehead atoms. The Labute approximate surface area is 376 Å². The number of rotatable bonds is 11. The first kappa shape index (κ1) is 41.6. The minimum atomic E-state index is -0.564. The Balaban J connectivity index is 0.791. The van der Waals surface area contributed by atoms with Crippen LogP contribution < -0.4 is 9.80 Å². The van der Waals surface area contributed by atoms with Crippen LogP contribution in [0.1, 0.15) is 123 Å². The lowest BCUT2D eigenvalue weighted by molar-refractivity contribution is 0.0524. The molecular formula is C50H38N8O8. The number of hydrogen-bond acceptors (Lipinski definition) is 12. The first-order valence-electron chi connectivity index (χ1n) is 21.1. The highest BCUT2D eigenvalue weighted by molar-refractivity contribution is 6.35. The highest BCUT2D eigenvalue weighted by Gasteiger charge is 2.43. The Kier molecular flexibility index (Phi) is 9.53. The number of fused-ring (bicyclic) bond motifs is 4. The van der Waals surface area contributed by atoms with E-state index in [2.05, 4.69) is 19.9 Å². The molecule has 0 radical (unpaired) electrons. The van der Waals surface area contributed by atoms with Gasteiger partial charge in [-0.1, -0.05) is 52.0 Å². The van der Waals surface area contributed by atoms with E-state index in [4.69, 9.17) is 0 Å². The molecule has 16 nitrogen and oxygen atoms in total. The normalized spacial score (nSPS) is 15.6. The standard InChI is InChI=1S/C50H38N8O8/c1-49(2,25-55-39(59)31-11-7-27(21-35(31)41(55)61)29-9-13-33-37(23-29)45(65)57(43(33)63)47-51-17-5-18-52-47)15-16-50(3,4)26-56-40(60)32-12-8-28(22-36(32)42(56)62)30-10-14-34-38(24-30)46(66)58(44(34)64)48-53-19-6-20-54-48/h5-14,17-24H,15-16,25-26H2,1-4H3. The summed E-state index contributed by atoms with van der Waals surface area (Å²) < 4.78 is 0. The van der Waals surface area contributed by atoms with Gasteiger partial charge in [-0.05, 0) is 107 Å². The van der Waals surface area contributed by atoms with Crippen LogP contribution in [-0.2, 0) is 0 Å². The van der Waals surface area contributed by atoms with Gasteiger partial charge in [0.2, 0.25) is 11.9 Å². The first-order valence-corrected chi connectivity index (χ1v) is 21.1. The summed E-state index contributed by atoms with van der Waals surface area (Å²) in [4.78, 5) is 129. The minimum absolute atomic E-state index is 0.0279. The van der Waals surface area contributed by atoms with Crippen LogP contribution in [0.15, 0.2) is 110 Å². The van der Waals surface area contributed by atoms with E-state index in [-0.39, 0.29) is 69.5 Å². The number of imide groups is 4. The average molecular weight is 879 g/mol. The Morgan fingerprint density at radius 3 is 0.939 bits per heavy atom. The van der Waals surface area contributed by atoms with Crippen molar-refractivity contribution in [3.05, 3.63) is 154 Å². The van der Waals surface area contributed by atoms with Crippen LogP contribution in [0, 0.1) is 10.8 Å². The number of hydrogen-bond donors (Lipinski definition) is 0. The maximum atomic E-state index is 13.9. The maximum Gasteiger partial charge on any atom is 0.268 e. The van der Waals surface area contributed by atoms with E-state index < -0.39 is 58.1 Å². The first-order chi connectivity index (χ1) is 31.5. The highest BCUT2D eigenvalue weighted by Crippen LogP contribution is 2.39. The monoisotopic (exact) mass is 878 g/mol. The molecule has 66 heavy (non-hydrogen) atoms. The van der Waals surface area contributed by atoms with Gasteiger partial charge >= 0.3 is 0 Å². The third-order valence-corrected chi connectivity index (χ3v) is 12.5. The summed E-state index contributed by atoms with van der Waals surface area (Å²) >= 11 is 0. The van der Waals surface area contributed by atoms with E-state index in [1.165, 1.54) is 34.6 Å². The van der Waals surface area contributed by atoms with Crippen molar-refractivity contribution < 1.29 is 38.4 Å². The van der Waals surface area contributed by atoms with Gasteiger partial charge in [-0.2, -0.15) is 0 Å². The second-order valence-corrected chi connectivity index (χ2v) is 18.3. The van der Waals surface area contributed by atoms with E-state index in [1.54, 1.807) is 84.9 Å². The summed E-state index contributed by atoms with van der Waals surface area (Å²) in [6.07, 6.45) is 6.86. The van der Waals surface area contributed by atoms with Crippen molar-refractivity contribution in [2.75, 3.05) is 22.9 Å². The zero-order valence-electron chi connectivity index (χ0n) is 36.1. The topological polar surface area (TPSA) is 201 Å². The smallest absolute Gasteiger partial charge is 0.268 e. The van der Waals surface area contributed by atoms with Crippen LogP contribution in [0.4, 0.5) is 11.9 Å². The summed E-state index contributed by atoms with van der Waals surface area (Å²) in [5.41, 5.74) is 2.97. The molecule has 0 atom stereocenters. The molecule has 2 aromatic heterocycles. The van der Waals surface area contributed by atoms with E-state index >= 15 is 0 Å². The zero-order valence-corrected chi connectivity index (χ0v) is 36.1. The maximum absolute atomic E-state index is 13.9. The van der Waals surface area contributed by atoms with Crippen molar-refractivity contribution in [3.8, 4) is 22.3 Å². The second-order valence-electron chi connectivity index (χ2n) is 18.3. The van der Waals surface area contributed by atoms with Gasteiger partial charge in [-0.15, -0.1) is 0 Å². The number of carbonyl (C=O) groups excluding carboxylic acids is 8. The van der Waals surface area contributed by atoms with Gasteiger partial charge in [0.15, 0.2) is 0 Å². The van der Waals surface area contributed by atoms with E-state index in [1.807, 2.05) is 27.7 Å². The highest BCUT2D eigenvalue weighted by atomic mass is 16.2. The van der Waals surface area contributed by atoms with Crippen LogP contribution in [0.2, 0.25) is 0 Å². The van der Waals surface area contributed by atoms with Crippen molar-refractivity contribution in [2.24, 2.45) is 10.8 Å². The summed E-state index contributed by atoms with van der Waals surface area (Å²) in [5, 5.41) is 0. The molecule has 4 aromatic carbocycles. The molecule has 326 valence electrons. The number of nitrogens with zero attached hydrogens (tertiary/aromatic N) is 8. The van der Waals surface area contributed by atoms with Gasteiger partial charge in [0, 0.05) is 37.9 Å². The van der Waals surface area contributed by atoms with Crippen molar-refractivity contribution in [1.82, 2.24) is 29.7 Å². The third kappa shape index (κ3) is 6.76. The SMILES string of the molecule is CC(C)(CCC(C)(C)CN1C(=O)c2ccc(-c3ccc4c(c3)C(=O)N(c3ncccn3)C4=O)cc2C1=O)CN1C(=O)c2ccc(-c3ccc4c(c3)C(=O)N(c3ncccn3)C4=O)cc2C1=O. The molecule has 0 unspecified atom stereocenters. The average Bonchev–Trinajstić information content (AvgIpc) is 3.91. The molecule has 0 saturated heterocycles. The molecule has 4 aliphatic rings. The molecule has 6 heterocycles. The largest absolute Gasteiger partial charge is 0.274 e. The van der Waals surface area contributed by atoms with Gasteiger partial charge in [-0.3, -0.25) is 48.2 Å². The van der Waals surface area contributed by atoms with Crippen molar-refractivity contribution in [1.29, 1.82) is 0 Å². The molecule has 0 fully saturated rings. The fourth-order valence-electron chi connectivity index (χ4n) is 8.94. The Morgan fingerprint density at radius 2 is 0.621 bits per heavy atom. The van der Waals surface area contributed by atoms with Crippen LogP contribution in [-0.4, -0.2) is 90.1 Å². The number of benzene rings is 4. The number of amides is 8. The fraction of sp³-hybridized carbons (Fsp3) is 0.200. The second kappa shape index (κ2) is 15.1. The van der Waals surface area contributed by atoms with Crippen LogP contribution in [0.25, 0.3) is 22.3 Å². The van der Waals surface area contributed by atoms with Crippen molar-refractivity contribution >= 4 is 59.2 Å². The van der Waals surface area contributed by atoms with Gasteiger partial charge in [0.25, 0.3) is 47.3 Å². The van der Waals surface area contributed by atoms with E-state index in [0.717, 1.165) is 9.80 Å². The Bertz CT molecular complexity index is 2970. The molecular weight excluding hydrogens is 841 g/mol. The molecule has 0 spiro atoms. The molecule has 10 rings (SSSR count). The lowest BCUT2D eigenvalue weighted by Gasteiger charge is -2.35. The van der Waals surface area contributed by atoms with Crippen LogP contribution in [0.3, 0.4) is 0 Å². The molecule has 0 aliphatic carbocycles. The predicted octanol–water partition coefficient (Wildman–Crippen LogP) is 6.93. The molecule has 4 aliphatic heterocycles. The minimum Gasteiger partial charge on any atom is -0.274 e. The van der Waals surface area contributed by atoms with Gasteiger partial charge in [-0.25, -0.2) is 29.7 Å². The van der Waals surface area contributed by atoms with Gasteiger partial charge in [0.1, 0.15) is 0 Å². The summed E-state index contributed by atoms with van der Waals surface area (Å²) in [6.45, 7) is 8.09. The van der Waals surface area contributed by atoms with E-state index in [0.29, 0.717) is 35.1 Å². The van der Waals surface area contributed by atoms with Crippen LogP contribution in [0.5, 0.6) is 0 Å². The van der Waals surface area contributed by atoms with Crippen LogP contribution >= 0.6 is 0 Å². The number of carbonyl (C=O) groups is 8.